The van der Waals surface area contributed by atoms with E-state index in [0.717, 1.165) is 10.0 Å². The maximum absolute atomic E-state index is 13.2. The highest BCUT2D eigenvalue weighted by Crippen LogP contribution is 2.43. The summed E-state index contributed by atoms with van der Waals surface area (Å²) in [7, 11) is 1.32. The third-order valence-electron chi connectivity index (χ3n) is 4.03. The Morgan fingerprint density at radius 2 is 1.85 bits per heavy atom. The molecule has 0 aliphatic carbocycles. The van der Waals surface area contributed by atoms with Crippen LogP contribution in [-0.2, 0) is 9.53 Å². The lowest BCUT2D eigenvalue weighted by Gasteiger charge is -2.28. The molecule has 0 spiro atoms. The van der Waals surface area contributed by atoms with Crippen molar-refractivity contribution in [3.05, 3.63) is 68.1 Å². The van der Waals surface area contributed by atoms with Crippen LogP contribution in [0.2, 0.25) is 10.0 Å². The molecule has 0 N–H and O–H groups in total. The van der Waals surface area contributed by atoms with Gasteiger partial charge in [0.2, 0.25) is 0 Å². The minimum absolute atomic E-state index is 0.242. The van der Waals surface area contributed by atoms with E-state index in [2.05, 4.69) is 15.9 Å². The molecule has 0 aromatic heterocycles. The number of nitrogens with zero attached hydrogens (tertiary/aromatic N) is 1. The second kappa shape index (κ2) is 8.21. The van der Waals surface area contributed by atoms with Gasteiger partial charge >= 0.3 is 5.97 Å². The van der Waals surface area contributed by atoms with Gasteiger partial charge in [0.1, 0.15) is 11.4 Å². The van der Waals surface area contributed by atoms with E-state index in [1.807, 2.05) is 6.07 Å². The minimum atomic E-state index is -0.666. The zero-order valence-corrected chi connectivity index (χ0v) is 17.5. The maximum Gasteiger partial charge on any atom is 0.329 e. The lowest BCUT2D eigenvalue weighted by molar-refractivity contribution is -0.145. The number of carbonyl (C=O) groups excluding carboxylic acids is 2. The van der Waals surface area contributed by atoms with Crippen LogP contribution in [0.15, 0.2) is 46.9 Å². The Balaban J connectivity index is 2.00. The Morgan fingerprint density at radius 3 is 2.46 bits per heavy atom. The molecule has 2 aromatic rings. The summed E-state index contributed by atoms with van der Waals surface area (Å²) in [6.07, 6.45) is 0. The van der Waals surface area contributed by atoms with Gasteiger partial charge in [0.25, 0.3) is 5.91 Å². The van der Waals surface area contributed by atoms with Crippen LogP contribution in [0.1, 0.15) is 21.3 Å². The van der Waals surface area contributed by atoms with Gasteiger partial charge < -0.3 is 9.64 Å². The summed E-state index contributed by atoms with van der Waals surface area (Å²) in [6, 6.07) is 11.6. The Hall–Kier alpha value is -1.21. The van der Waals surface area contributed by atoms with Gasteiger partial charge in [-0.05, 0) is 42.0 Å². The van der Waals surface area contributed by atoms with E-state index in [9.17, 15) is 9.59 Å². The summed E-state index contributed by atoms with van der Waals surface area (Å²) in [6.45, 7) is 0. The molecule has 1 aliphatic heterocycles. The molecule has 136 valence electrons. The summed E-state index contributed by atoms with van der Waals surface area (Å²) in [4.78, 5) is 26.9. The zero-order valence-electron chi connectivity index (χ0n) is 13.6. The van der Waals surface area contributed by atoms with E-state index < -0.39 is 12.0 Å². The summed E-state index contributed by atoms with van der Waals surface area (Å²) in [5.74, 6) is -0.237. The normalized spacial score (nSPS) is 19.5. The lowest BCUT2D eigenvalue weighted by Crippen LogP contribution is -2.43. The van der Waals surface area contributed by atoms with Crippen LogP contribution in [0, 0.1) is 0 Å². The molecule has 1 aliphatic rings. The third kappa shape index (κ3) is 3.88. The first-order valence-corrected chi connectivity index (χ1v) is 10.2. The molecule has 8 heteroatoms. The third-order valence-corrected chi connectivity index (χ3v) is 6.62. The average molecular weight is 475 g/mol. The highest BCUT2D eigenvalue weighted by Gasteiger charge is 2.43. The Morgan fingerprint density at radius 1 is 1.15 bits per heavy atom. The quantitative estimate of drug-likeness (QED) is 0.574. The van der Waals surface area contributed by atoms with Gasteiger partial charge in [0.05, 0.1) is 17.2 Å². The van der Waals surface area contributed by atoms with E-state index in [-0.39, 0.29) is 11.3 Å². The second-order valence-electron chi connectivity index (χ2n) is 5.62. The van der Waals surface area contributed by atoms with Gasteiger partial charge in [-0.2, -0.15) is 0 Å². The lowest BCUT2D eigenvalue weighted by atomic mass is 10.1. The van der Waals surface area contributed by atoms with E-state index in [1.165, 1.54) is 18.9 Å². The first kappa shape index (κ1) is 19.5. The second-order valence-corrected chi connectivity index (χ2v) is 8.46. The molecule has 1 saturated heterocycles. The maximum atomic E-state index is 13.2. The molecule has 26 heavy (non-hydrogen) atoms. The molecule has 1 heterocycles. The Bertz CT molecular complexity index is 847. The molecule has 0 saturated carbocycles. The standard InChI is InChI=1S/C18H14BrCl2NO3S/c1-25-18(24)15-9-26-17(11-4-7-13(20)14(21)8-11)22(15)16(23)10-2-5-12(19)6-3-10/h2-8,15,17H,9H2,1H3. The Kier molecular flexibility index (Phi) is 6.17. The SMILES string of the molecule is COC(=O)C1CSC(c2ccc(Cl)c(Cl)c2)N1C(=O)c1ccc(Br)cc1. The number of ether oxygens (including phenoxy) is 1. The molecule has 0 bridgehead atoms. The molecule has 1 fully saturated rings. The van der Waals surface area contributed by atoms with Crippen LogP contribution >= 0.6 is 50.9 Å². The fraction of sp³-hybridized carbons (Fsp3) is 0.222. The van der Waals surface area contributed by atoms with Gasteiger partial charge in [0.15, 0.2) is 0 Å². The predicted octanol–water partition coefficient (Wildman–Crippen LogP) is 5.19. The van der Waals surface area contributed by atoms with Crippen molar-refractivity contribution >= 4 is 62.8 Å². The number of hydrogen-bond acceptors (Lipinski definition) is 4. The summed E-state index contributed by atoms with van der Waals surface area (Å²) >= 11 is 17.0. The number of carbonyl (C=O) groups is 2. The van der Waals surface area contributed by atoms with E-state index in [4.69, 9.17) is 27.9 Å². The molecular weight excluding hydrogens is 461 g/mol. The van der Waals surface area contributed by atoms with Gasteiger partial charge in [-0.25, -0.2) is 4.79 Å². The first-order valence-electron chi connectivity index (χ1n) is 7.65. The van der Waals surface area contributed by atoms with Crippen LogP contribution in [0.5, 0.6) is 0 Å². The zero-order chi connectivity index (χ0) is 18.8. The molecule has 3 rings (SSSR count). The molecule has 4 nitrogen and oxygen atoms in total. The van der Waals surface area contributed by atoms with Crippen molar-refractivity contribution in [2.24, 2.45) is 0 Å². The van der Waals surface area contributed by atoms with Crippen molar-refractivity contribution in [3.8, 4) is 0 Å². The molecule has 2 atom stereocenters. The fourth-order valence-corrected chi connectivity index (χ4v) is 4.71. The highest BCUT2D eigenvalue weighted by atomic mass is 79.9. The molecular formula is C18H14BrCl2NO3S. The number of esters is 1. The predicted molar refractivity (Wildman–Crippen MR) is 108 cm³/mol. The fourth-order valence-electron chi connectivity index (χ4n) is 2.74. The minimum Gasteiger partial charge on any atom is -0.467 e. The van der Waals surface area contributed by atoms with Crippen molar-refractivity contribution in [1.82, 2.24) is 4.90 Å². The van der Waals surface area contributed by atoms with E-state index in [1.54, 1.807) is 41.3 Å². The van der Waals surface area contributed by atoms with Crippen LogP contribution in [0.3, 0.4) is 0 Å². The number of rotatable bonds is 3. The summed E-state index contributed by atoms with van der Waals surface area (Å²) < 4.78 is 5.77. The monoisotopic (exact) mass is 473 g/mol. The molecule has 1 amide bonds. The smallest absolute Gasteiger partial charge is 0.329 e. The number of halogens is 3. The van der Waals surface area contributed by atoms with Gasteiger partial charge in [0, 0.05) is 15.8 Å². The average Bonchev–Trinajstić information content (AvgIpc) is 3.08. The number of amides is 1. The molecule has 0 radical (unpaired) electrons. The molecule has 2 unspecified atom stereocenters. The van der Waals surface area contributed by atoms with Gasteiger partial charge in [-0.1, -0.05) is 45.2 Å². The number of benzene rings is 2. The molecule has 2 aromatic carbocycles. The highest BCUT2D eigenvalue weighted by molar-refractivity contribution is 9.10. The Labute approximate surface area is 173 Å². The van der Waals surface area contributed by atoms with Crippen LogP contribution in [0.25, 0.3) is 0 Å². The summed E-state index contributed by atoms with van der Waals surface area (Å²) in [5, 5.41) is 0.487. The van der Waals surface area contributed by atoms with Crippen molar-refractivity contribution in [1.29, 1.82) is 0 Å². The van der Waals surface area contributed by atoms with E-state index in [0.29, 0.717) is 21.4 Å². The summed E-state index contributed by atoms with van der Waals surface area (Å²) in [5.41, 5.74) is 1.30. The van der Waals surface area contributed by atoms with E-state index >= 15 is 0 Å². The number of methoxy groups -OCH3 is 1. The topological polar surface area (TPSA) is 46.6 Å². The van der Waals surface area contributed by atoms with Crippen molar-refractivity contribution in [2.75, 3.05) is 12.9 Å². The van der Waals surface area contributed by atoms with Crippen molar-refractivity contribution in [2.45, 2.75) is 11.4 Å². The van der Waals surface area contributed by atoms with Crippen LogP contribution in [-0.4, -0.2) is 35.7 Å². The number of thioether (sulfide) groups is 1. The van der Waals surface area contributed by atoms with Crippen molar-refractivity contribution < 1.29 is 14.3 Å². The van der Waals surface area contributed by atoms with Crippen molar-refractivity contribution in [3.63, 3.8) is 0 Å². The first-order chi connectivity index (χ1) is 12.4. The van der Waals surface area contributed by atoms with Gasteiger partial charge in [-0.15, -0.1) is 11.8 Å². The largest absolute Gasteiger partial charge is 0.467 e. The van der Waals surface area contributed by atoms with Crippen LogP contribution < -0.4 is 0 Å². The van der Waals surface area contributed by atoms with Crippen LogP contribution in [0.4, 0.5) is 0 Å². The number of hydrogen-bond donors (Lipinski definition) is 0. The van der Waals surface area contributed by atoms with Gasteiger partial charge in [-0.3, -0.25) is 4.79 Å².